The molecule has 0 bridgehead atoms. The van der Waals surface area contributed by atoms with Crippen LogP contribution in [0.15, 0.2) is 24.3 Å². The number of nitrogen functional groups attached to an aromatic ring is 1. The van der Waals surface area contributed by atoms with Gasteiger partial charge in [0.05, 0.1) is 12.3 Å². The fraction of sp³-hybridized carbons (Fsp3) is 0.571. The van der Waals surface area contributed by atoms with Crippen LogP contribution >= 0.6 is 11.8 Å². The Hall–Kier alpha value is -0.870. The lowest BCUT2D eigenvalue weighted by molar-refractivity contribution is 0.323. The molecule has 0 amide bonds. The van der Waals surface area contributed by atoms with Crippen molar-refractivity contribution in [2.75, 3.05) is 43.5 Å². The topological polar surface area (TPSA) is 38.5 Å². The molecule has 0 spiro atoms. The van der Waals surface area contributed by atoms with Crippen molar-refractivity contribution in [1.82, 2.24) is 4.90 Å². The van der Waals surface area contributed by atoms with Gasteiger partial charge in [-0.1, -0.05) is 26.0 Å². The zero-order chi connectivity index (χ0) is 13.2. The Bertz CT molecular complexity index is 329. The molecule has 1 aromatic carbocycles. The van der Waals surface area contributed by atoms with Gasteiger partial charge in [-0.2, -0.15) is 11.8 Å². The summed E-state index contributed by atoms with van der Waals surface area (Å²) in [6.07, 6.45) is 0. The first-order valence-electron chi connectivity index (χ1n) is 6.55. The van der Waals surface area contributed by atoms with Crippen LogP contribution in [-0.4, -0.2) is 42.6 Å². The molecule has 4 heteroatoms. The SMILES string of the molecule is CCN(CC)CCSCCOc1ccccc1N. The van der Waals surface area contributed by atoms with Crippen LogP contribution in [-0.2, 0) is 0 Å². The molecule has 2 N–H and O–H groups in total. The van der Waals surface area contributed by atoms with E-state index in [-0.39, 0.29) is 0 Å². The molecule has 0 fully saturated rings. The molecule has 0 aromatic heterocycles. The third-order valence-electron chi connectivity index (χ3n) is 2.85. The standard InChI is InChI=1S/C14H24N2OS/c1-3-16(4-2)9-11-18-12-10-17-14-8-6-5-7-13(14)15/h5-8H,3-4,9-12,15H2,1-2H3. The van der Waals surface area contributed by atoms with Crippen LogP contribution in [0.4, 0.5) is 5.69 Å². The van der Waals surface area contributed by atoms with Crippen LogP contribution in [0.2, 0.25) is 0 Å². The van der Waals surface area contributed by atoms with Gasteiger partial charge in [-0.05, 0) is 25.2 Å². The highest BCUT2D eigenvalue weighted by Gasteiger charge is 2.00. The summed E-state index contributed by atoms with van der Waals surface area (Å²) in [5.41, 5.74) is 6.51. The summed E-state index contributed by atoms with van der Waals surface area (Å²) in [7, 11) is 0. The van der Waals surface area contributed by atoms with Gasteiger partial charge in [-0.25, -0.2) is 0 Å². The zero-order valence-electron chi connectivity index (χ0n) is 11.4. The molecule has 0 aliphatic rings. The molecule has 0 unspecified atom stereocenters. The van der Waals surface area contributed by atoms with Crippen LogP contribution in [0.5, 0.6) is 5.75 Å². The minimum absolute atomic E-state index is 0.714. The lowest BCUT2D eigenvalue weighted by Gasteiger charge is -2.17. The van der Waals surface area contributed by atoms with Crippen LogP contribution in [0.25, 0.3) is 0 Å². The van der Waals surface area contributed by atoms with E-state index in [1.54, 1.807) is 0 Å². The van der Waals surface area contributed by atoms with Gasteiger partial charge >= 0.3 is 0 Å². The van der Waals surface area contributed by atoms with E-state index in [2.05, 4.69) is 18.7 Å². The maximum absolute atomic E-state index is 5.80. The van der Waals surface area contributed by atoms with Crippen molar-refractivity contribution in [3.63, 3.8) is 0 Å². The summed E-state index contributed by atoms with van der Waals surface area (Å²) in [4.78, 5) is 2.43. The summed E-state index contributed by atoms with van der Waals surface area (Å²) < 4.78 is 5.64. The van der Waals surface area contributed by atoms with Gasteiger partial charge in [0.15, 0.2) is 0 Å². The molecule has 0 radical (unpaired) electrons. The van der Waals surface area contributed by atoms with E-state index in [4.69, 9.17) is 10.5 Å². The second-order valence-corrected chi connectivity index (χ2v) is 5.25. The molecule has 0 heterocycles. The van der Waals surface area contributed by atoms with E-state index >= 15 is 0 Å². The third kappa shape index (κ3) is 5.65. The van der Waals surface area contributed by atoms with E-state index in [1.165, 1.54) is 0 Å². The average molecular weight is 268 g/mol. The number of hydrogen-bond acceptors (Lipinski definition) is 4. The summed E-state index contributed by atoms with van der Waals surface area (Å²) in [5.74, 6) is 2.96. The number of hydrogen-bond donors (Lipinski definition) is 1. The molecule has 0 aliphatic carbocycles. The third-order valence-corrected chi connectivity index (χ3v) is 3.78. The van der Waals surface area contributed by atoms with Crippen molar-refractivity contribution in [2.24, 2.45) is 0 Å². The highest BCUT2D eigenvalue weighted by Crippen LogP contribution is 2.19. The van der Waals surface area contributed by atoms with E-state index in [0.717, 1.165) is 43.5 Å². The minimum Gasteiger partial charge on any atom is -0.491 e. The summed E-state index contributed by atoms with van der Waals surface area (Å²) in [5, 5.41) is 0. The number of ether oxygens (including phenoxy) is 1. The largest absolute Gasteiger partial charge is 0.491 e. The highest BCUT2D eigenvalue weighted by atomic mass is 32.2. The van der Waals surface area contributed by atoms with Gasteiger partial charge in [0.1, 0.15) is 5.75 Å². The molecule has 1 rings (SSSR count). The van der Waals surface area contributed by atoms with Crippen molar-refractivity contribution < 1.29 is 4.74 Å². The van der Waals surface area contributed by atoms with Gasteiger partial charge in [0.25, 0.3) is 0 Å². The Morgan fingerprint density at radius 2 is 1.89 bits per heavy atom. The summed E-state index contributed by atoms with van der Waals surface area (Å²) in [6.45, 7) is 8.55. The fourth-order valence-corrected chi connectivity index (χ4v) is 2.45. The molecule has 0 saturated carbocycles. The predicted octanol–water partition coefficient (Wildman–Crippen LogP) is 2.72. The number of nitrogens with two attached hydrogens (primary N) is 1. The molecule has 3 nitrogen and oxygen atoms in total. The van der Waals surface area contributed by atoms with E-state index in [0.29, 0.717) is 5.69 Å². The summed E-state index contributed by atoms with van der Waals surface area (Å²) in [6, 6.07) is 7.64. The van der Waals surface area contributed by atoms with Crippen molar-refractivity contribution >= 4 is 17.4 Å². The average Bonchev–Trinajstić information content (AvgIpc) is 2.40. The van der Waals surface area contributed by atoms with Gasteiger partial charge in [0, 0.05) is 18.1 Å². The Kier molecular flexibility index (Phi) is 7.69. The second kappa shape index (κ2) is 9.11. The van der Waals surface area contributed by atoms with Crippen LogP contribution in [0, 0.1) is 0 Å². The van der Waals surface area contributed by atoms with E-state index < -0.39 is 0 Å². The van der Waals surface area contributed by atoms with Gasteiger partial charge in [0.2, 0.25) is 0 Å². The lowest BCUT2D eigenvalue weighted by atomic mass is 10.3. The number of anilines is 1. The van der Waals surface area contributed by atoms with Gasteiger partial charge < -0.3 is 15.4 Å². The Morgan fingerprint density at radius 1 is 1.17 bits per heavy atom. The number of rotatable bonds is 9. The first-order chi connectivity index (χ1) is 8.77. The number of thioether (sulfide) groups is 1. The molecular formula is C14H24N2OS. The van der Waals surface area contributed by atoms with E-state index in [1.807, 2.05) is 36.0 Å². The Morgan fingerprint density at radius 3 is 2.56 bits per heavy atom. The van der Waals surface area contributed by atoms with Gasteiger partial charge in [-0.3, -0.25) is 0 Å². The first kappa shape index (κ1) is 15.2. The van der Waals surface area contributed by atoms with Crippen molar-refractivity contribution in [2.45, 2.75) is 13.8 Å². The monoisotopic (exact) mass is 268 g/mol. The maximum atomic E-state index is 5.80. The predicted molar refractivity (Wildman–Crippen MR) is 81.5 cm³/mol. The lowest BCUT2D eigenvalue weighted by Crippen LogP contribution is -2.25. The molecule has 0 atom stereocenters. The number of para-hydroxylation sites is 2. The van der Waals surface area contributed by atoms with Crippen molar-refractivity contribution in [1.29, 1.82) is 0 Å². The Labute approximate surface area is 115 Å². The van der Waals surface area contributed by atoms with Gasteiger partial charge in [-0.15, -0.1) is 0 Å². The number of nitrogens with zero attached hydrogens (tertiary/aromatic N) is 1. The zero-order valence-corrected chi connectivity index (χ0v) is 12.2. The highest BCUT2D eigenvalue weighted by molar-refractivity contribution is 7.99. The number of benzene rings is 1. The molecule has 0 saturated heterocycles. The fourth-order valence-electron chi connectivity index (χ4n) is 1.66. The quantitative estimate of drug-likeness (QED) is 0.552. The normalized spacial score (nSPS) is 10.8. The second-order valence-electron chi connectivity index (χ2n) is 4.03. The van der Waals surface area contributed by atoms with Crippen molar-refractivity contribution in [3.8, 4) is 5.75 Å². The Balaban J connectivity index is 2.07. The van der Waals surface area contributed by atoms with Crippen LogP contribution < -0.4 is 10.5 Å². The van der Waals surface area contributed by atoms with Crippen molar-refractivity contribution in [3.05, 3.63) is 24.3 Å². The maximum Gasteiger partial charge on any atom is 0.142 e. The molecule has 18 heavy (non-hydrogen) atoms. The molecule has 0 aliphatic heterocycles. The molecule has 102 valence electrons. The van der Waals surface area contributed by atoms with Crippen LogP contribution in [0.1, 0.15) is 13.8 Å². The van der Waals surface area contributed by atoms with E-state index in [9.17, 15) is 0 Å². The minimum atomic E-state index is 0.714. The smallest absolute Gasteiger partial charge is 0.142 e. The molecular weight excluding hydrogens is 244 g/mol. The van der Waals surface area contributed by atoms with Crippen LogP contribution in [0.3, 0.4) is 0 Å². The first-order valence-corrected chi connectivity index (χ1v) is 7.70. The summed E-state index contributed by atoms with van der Waals surface area (Å²) >= 11 is 1.93. The molecule has 1 aromatic rings.